The minimum Gasteiger partial charge on any atom is -0.452 e. The summed E-state index contributed by atoms with van der Waals surface area (Å²) in [6, 6.07) is 13.5. The van der Waals surface area contributed by atoms with Crippen LogP contribution >= 0.6 is 0 Å². The molecule has 29 heavy (non-hydrogen) atoms. The van der Waals surface area contributed by atoms with Gasteiger partial charge < -0.3 is 15.0 Å². The molecule has 0 unspecified atom stereocenters. The molecule has 8 nitrogen and oxygen atoms in total. The van der Waals surface area contributed by atoms with E-state index < -0.39 is 23.0 Å². The summed E-state index contributed by atoms with van der Waals surface area (Å²) in [6.07, 6.45) is 0. The van der Waals surface area contributed by atoms with Gasteiger partial charge in [-0.2, -0.15) is 0 Å². The molecule has 0 aliphatic rings. The van der Waals surface area contributed by atoms with Crippen LogP contribution in [0, 0.1) is 10.1 Å². The average molecular weight is 399 g/mol. The molecule has 154 valence electrons. The molecule has 0 saturated carbocycles. The van der Waals surface area contributed by atoms with Crippen molar-refractivity contribution >= 4 is 23.3 Å². The van der Waals surface area contributed by atoms with E-state index in [0.717, 1.165) is 11.6 Å². The summed E-state index contributed by atoms with van der Waals surface area (Å²) in [6.45, 7) is 5.62. The number of hydrogen-bond donors (Lipinski definition) is 1. The molecule has 8 heteroatoms. The first-order valence-corrected chi connectivity index (χ1v) is 9.11. The Morgan fingerprint density at radius 1 is 1.14 bits per heavy atom. The van der Waals surface area contributed by atoms with Gasteiger partial charge in [-0.25, -0.2) is 4.79 Å². The fraction of sp³-hybridized carbons (Fsp3) is 0.333. The van der Waals surface area contributed by atoms with Crippen molar-refractivity contribution in [2.24, 2.45) is 0 Å². The van der Waals surface area contributed by atoms with Crippen molar-refractivity contribution in [3.8, 4) is 0 Å². The van der Waals surface area contributed by atoms with E-state index in [-0.39, 0.29) is 22.8 Å². The van der Waals surface area contributed by atoms with Crippen molar-refractivity contribution in [2.75, 3.05) is 19.0 Å². The molecule has 0 fully saturated rings. The monoisotopic (exact) mass is 399 g/mol. The van der Waals surface area contributed by atoms with Gasteiger partial charge in [0.25, 0.3) is 11.6 Å². The molecule has 0 spiro atoms. The minimum absolute atomic E-state index is 0.00821. The van der Waals surface area contributed by atoms with Gasteiger partial charge in [0.15, 0.2) is 6.61 Å². The van der Waals surface area contributed by atoms with Crippen LogP contribution in [0.1, 0.15) is 36.7 Å². The summed E-state index contributed by atoms with van der Waals surface area (Å²) in [5.74, 6) is -1.14. The second kappa shape index (κ2) is 9.18. The quantitative estimate of drug-likeness (QED) is 0.433. The Labute approximate surface area is 169 Å². The molecule has 2 rings (SSSR count). The molecule has 1 N–H and O–H groups in total. The third-order valence-electron chi connectivity index (χ3n) is 4.32. The second-order valence-electron chi connectivity index (χ2n) is 7.45. The van der Waals surface area contributed by atoms with Crippen molar-refractivity contribution in [1.82, 2.24) is 4.90 Å². The third kappa shape index (κ3) is 5.78. The Bertz CT molecular complexity index is 891. The number of benzene rings is 2. The number of carbonyl (C=O) groups excluding carboxylic acids is 2. The lowest BCUT2D eigenvalue weighted by molar-refractivity contribution is -0.384. The van der Waals surface area contributed by atoms with E-state index in [0.29, 0.717) is 6.54 Å². The van der Waals surface area contributed by atoms with Crippen LogP contribution in [-0.4, -0.2) is 40.9 Å². The van der Waals surface area contributed by atoms with E-state index in [9.17, 15) is 19.7 Å². The maximum absolute atomic E-state index is 12.7. The number of carbonyl (C=O) groups is 2. The summed E-state index contributed by atoms with van der Waals surface area (Å²) >= 11 is 0. The van der Waals surface area contributed by atoms with Crippen LogP contribution in [0.25, 0.3) is 0 Å². The number of rotatable bonds is 7. The Balaban J connectivity index is 2.10. The van der Waals surface area contributed by atoms with E-state index >= 15 is 0 Å². The average Bonchev–Trinajstić information content (AvgIpc) is 2.69. The number of hydrogen-bond acceptors (Lipinski definition) is 6. The molecular weight excluding hydrogens is 374 g/mol. The smallest absolute Gasteiger partial charge is 0.338 e. The molecule has 0 atom stereocenters. The summed E-state index contributed by atoms with van der Waals surface area (Å²) < 4.78 is 5.14. The van der Waals surface area contributed by atoms with Gasteiger partial charge in [0.2, 0.25) is 0 Å². The van der Waals surface area contributed by atoms with Gasteiger partial charge in [0.1, 0.15) is 5.69 Å². The van der Waals surface area contributed by atoms with Gasteiger partial charge in [-0.15, -0.1) is 0 Å². The fourth-order valence-corrected chi connectivity index (χ4v) is 2.78. The predicted octanol–water partition coefficient (Wildman–Crippen LogP) is 3.62. The van der Waals surface area contributed by atoms with E-state index in [2.05, 4.69) is 5.32 Å². The van der Waals surface area contributed by atoms with Gasteiger partial charge in [-0.05, 0) is 38.5 Å². The molecule has 2 aromatic rings. The van der Waals surface area contributed by atoms with Gasteiger partial charge in [0, 0.05) is 25.2 Å². The Kier molecular flexibility index (Phi) is 6.93. The zero-order valence-corrected chi connectivity index (χ0v) is 17.0. The van der Waals surface area contributed by atoms with Gasteiger partial charge in [-0.3, -0.25) is 14.9 Å². The second-order valence-corrected chi connectivity index (χ2v) is 7.45. The van der Waals surface area contributed by atoms with Crippen LogP contribution in [-0.2, 0) is 16.1 Å². The SMILES string of the molecule is CNc1ccc(C(=O)OCC(=O)N(Cc2ccccc2)C(C)(C)C)cc1[N+](=O)[O-]. The molecule has 0 saturated heterocycles. The van der Waals surface area contributed by atoms with Gasteiger partial charge in [-0.1, -0.05) is 30.3 Å². The highest BCUT2D eigenvalue weighted by atomic mass is 16.6. The van der Waals surface area contributed by atoms with Crippen molar-refractivity contribution in [3.63, 3.8) is 0 Å². The zero-order valence-electron chi connectivity index (χ0n) is 17.0. The summed E-state index contributed by atoms with van der Waals surface area (Å²) in [5, 5.41) is 13.8. The lowest BCUT2D eigenvalue weighted by atomic mass is 10.0. The number of ether oxygens (including phenoxy) is 1. The van der Waals surface area contributed by atoms with Crippen LogP contribution in [0.4, 0.5) is 11.4 Å². The molecule has 0 radical (unpaired) electrons. The number of nitrogens with one attached hydrogen (secondary N) is 1. The maximum Gasteiger partial charge on any atom is 0.338 e. The summed E-state index contributed by atoms with van der Waals surface area (Å²) in [4.78, 5) is 37.2. The van der Waals surface area contributed by atoms with E-state index in [1.54, 1.807) is 11.9 Å². The van der Waals surface area contributed by atoms with E-state index in [1.807, 2.05) is 51.1 Å². The van der Waals surface area contributed by atoms with Gasteiger partial charge >= 0.3 is 5.97 Å². The van der Waals surface area contributed by atoms with Crippen molar-refractivity contribution in [1.29, 1.82) is 0 Å². The zero-order chi connectivity index (χ0) is 21.6. The van der Waals surface area contributed by atoms with Crippen LogP contribution in [0.5, 0.6) is 0 Å². The van der Waals surface area contributed by atoms with Crippen LogP contribution in [0.3, 0.4) is 0 Å². The molecule has 0 aliphatic heterocycles. The first-order valence-electron chi connectivity index (χ1n) is 9.11. The van der Waals surface area contributed by atoms with E-state index in [4.69, 9.17) is 4.74 Å². The fourth-order valence-electron chi connectivity index (χ4n) is 2.78. The largest absolute Gasteiger partial charge is 0.452 e. The first-order chi connectivity index (χ1) is 13.6. The van der Waals surface area contributed by atoms with Gasteiger partial charge in [0.05, 0.1) is 10.5 Å². The summed E-state index contributed by atoms with van der Waals surface area (Å²) in [7, 11) is 1.55. The highest BCUT2D eigenvalue weighted by Crippen LogP contribution is 2.25. The number of amides is 1. The Hall–Kier alpha value is -3.42. The number of nitro benzene ring substituents is 1. The normalized spacial score (nSPS) is 10.9. The molecule has 1 amide bonds. The molecule has 0 aromatic heterocycles. The van der Waals surface area contributed by atoms with Crippen LogP contribution in [0.2, 0.25) is 0 Å². The number of nitrogens with zero attached hydrogens (tertiary/aromatic N) is 2. The molecule has 0 bridgehead atoms. The third-order valence-corrected chi connectivity index (χ3v) is 4.32. The number of anilines is 1. The van der Waals surface area contributed by atoms with Crippen LogP contribution < -0.4 is 5.32 Å². The van der Waals surface area contributed by atoms with E-state index in [1.165, 1.54) is 12.1 Å². The first kappa shape index (κ1) is 21.9. The van der Waals surface area contributed by atoms with Crippen LogP contribution in [0.15, 0.2) is 48.5 Å². The lowest BCUT2D eigenvalue weighted by Crippen LogP contribution is -2.46. The maximum atomic E-state index is 12.7. The van der Waals surface area contributed by atoms with Crippen molar-refractivity contribution < 1.29 is 19.2 Å². The molecule has 0 heterocycles. The number of nitro groups is 1. The van der Waals surface area contributed by atoms with Crippen molar-refractivity contribution in [3.05, 3.63) is 69.8 Å². The number of esters is 1. The Morgan fingerprint density at radius 2 is 1.79 bits per heavy atom. The standard InChI is InChI=1S/C21H25N3O5/c1-21(2,3)23(13-15-8-6-5-7-9-15)19(25)14-29-20(26)16-10-11-17(22-4)18(12-16)24(27)28/h5-12,22H,13-14H2,1-4H3. The predicted molar refractivity (Wildman–Crippen MR) is 110 cm³/mol. The topological polar surface area (TPSA) is 102 Å². The molecular formula is C21H25N3O5. The Morgan fingerprint density at radius 3 is 2.34 bits per heavy atom. The summed E-state index contributed by atoms with van der Waals surface area (Å²) in [5.41, 5.74) is 0.527. The van der Waals surface area contributed by atoms with Crippen molar-refractivity contribution in [2.45, 2.75) is 32.9 Å². The molecule has 2 aromatic carbocycles. The molecule has 0 aliphatic carbocycles. The lowest BCUT2D eigenvalue weighted by Gasteiger charge is -2.35. The highest BCUT2D eigenvalue weighted by Gasteiger charge is 2.27. The highest BCUT2D eigenvalue weighted by molar-refractivity contribution is 5.93. The minimum atomic E-state index is -0.794.